The van der Waals surface area contributed by atoms with Crippen molar-refractivity contribution in [3.8, 4) is 0 Å². The minimum absolute atomic E-state index is 0.237. The zero-order valence-corrected chi connectivity index (χ0v) is 20.0. The van der Waals surface area contributed by atoms with Gasteiger partial charge in [-0.3, -0.25) is 0 Å². The smallest absolute Gasteiger partial charge is 0.123 e. The normalized spacial score (nSPS) is 13.3. The SMILES string of the molecule is C[C@@H]([C@H](C)P(c1ccc(F)cc1)c1ccc(F)cc1)P(c1ccccc1)c1ccccc1. The Bertz CT molecular complexity index is 1030. The third-order valence-electron chi connectivity index (χ3n) is 5.79. The van der Waals surface area contributed by atoms with Crippen LogP contribution >= 0.6 is 15.8 Å². The van der Waals surface area contributed by atoms with Gasteiger partial charge in [0.2, 0.25) is 0 Å². The van der Waals surface area contributed by atoms with Gasteiger partial charge in [0.1, 0.15) is 11.6 Å². The number of hydrogen-bond acceptors (Lipinski definition) is 0. The van der Waals surface area contributed by atoms with E-state index in [1.807, 2.05) is 24.3 Å². The van der Waals surface area contributed by atoms with E-state index in [9.17, 15) is 8.78 Å². The molecule has 0 aliphatic carbocycles. The summed E-state index contributed by atoms with van der Waals surface area (Å²) in [5, 5.41) is 4.93. The molecule has 4 rings (SSSR count). The van der Waals surface area contributed by atoms with E-state index in [1.165, 1.54) is 34.9 Å². The summed E-state index contributed by atoms with van der Waals surface area (Å²) < 4.78 is 27.4. The van der Waals surface area contributed by atoms with Crippen LogP contribution in [0.15, 0.2) is 109 Å². The summed E-state index contributed by atoms with van der Waals surface area (Å²) in [7, 11) is -1.42. The van der Waals surface area contributed by atoms with E-state index < -0.39 is 15.8 Å². The lowest BCUT2D eigenvalue weighted by atomic mass is 10.3. The summed E-state index contributed by atoms with van der Waals surface area (Å²) in [6.07, 6.45) is 0. The Morgan fingerprint density at radius 1 is 0.438 bits per heavy atom. The summed E-state index contributed by atoms with van der Waals surface area (Å²) in [5.74, 6) is -0.473. The van der Waals surface area contributed by atoms with Crippen molar-refractivity contribution in [2.45, 2.75) is 25.2 Å². The van der Waals surface area contributed by atoms with E-state index >= 15 is 0 Å². The molecule has 0 aliphatic heterocycles. The lowest BCUT2D eigenvalue weighted by Gasteiger charge is -2.36. The van der Waals surface area contributed by atoms with Crippen molar-refractivity contribution in [3.05, 3.63) is 121 Å². The maximum atomic E-state index is 13.7. The Labute approximate surface area is 191 Å². The first-order chi connectivity index (χ1) is 15.5. The molecule has 0 spiro atoms. The van der Waals surface area contributed by atoms with Gasteiger partial charge in [0.25, 0.3) is 0 Å². The highest BCUT2D eigenvalue weighted by Crippen LogP contribution is 2.51. The van der Waals surface area contributed by atoms with Crippen LogP contribution in [0.5, 0.6) is 0 Å². The van der Waals surface area contributed by atoms with Crippen LogP contribution in [-0.2, 0) is 0 Å². The van der Waals surface area contributed by atoms with Gasteiger partial charge in [0, 0.05) is 0 Å². The average Bonchev–Trinajstić information content (AvgIpc) is 2.83. The number of rotatable bonds is 7. The molecule has 4 aromatic rings. The second-order valence-corrected chi connectivity index (χ2v) is 13.0. The zero-order valence-electron chi connectivity index (χ0n) is 18.2. The molecule has 4 aromatic carbocycles. The molecule has 4 heteroatoms. The molecular weight excluding hydrogens is 436 g/mol. The van der Waals surface area contributed by atoms with Gasteiger partial charge in [-0.25, -0.2) is 8.78 Å². The third kappa shape index (κ3) is 5.15. The second kappa shape index (κ2) is 10.5. The minimum atomic E-state index is -0.807. The van der Waals surface area contributed by atoms with Crippen molar-refractivity contribution >= 4 is 37.1 Å². The fourth-order valence-electron chi connectivity index (χ4n) is 4.05. The monoisotopic (exact) mass is 462 g/mol. The topological polar surface area (TPSA) is 0 Å². The predicted molar refractivity (Wildman–Crippen MR) is 137 cm³/mol. The van der Waals surface area contributed by atoms with Gasteiger partial charge in [-0.05, 0) is 72.6 Å². The van der Waals surface area contributed by atoms with Crippen LogP contribution < -0.4 is 21.2 Å². The van der Waals surface area contributed by atoms with Gasteiger partial charge in [0.05, 0.1) is 0 Å². The first-order valence-corrected chi connectivity index (χ1v) is 13.6. The van der Waals surface area contributed by atoms with Crippen molar-refractivity contribution in [2.75, 3.05) is 0 Å². The van der Waals surface area contributed by atoms with Crippen LogP contribution in [0.3, 0.4) is 0 Å². The Morgan fingerprint density at radius 3 is 1.03 bits per heavy atom. The van der Waals surface area contributed by atoms with E-state index in [-0.39, 0.29) is 11.6 Å². The van der Waals surface area contributed by atoms with Gasteiger partial charge in [0.15, 0.2) is 0 Å². The summed E-state index contributed by atoms with van der Waals surface area (Å²) in [6, 6.07) is 35.1. The van der Waals surface area contributed by atoms with Gasteiger partial charge < -0.3 is 0 Å². The van der Waals surface area contributed by atoms with Crippen molar-refractivity contribution in [1.29, 1.82) is 0 Å². The fraction of sp³-hybridized carbons (Fsp3) is 0.143. The number of benzene rings is 4. The molecule has 0 saturated carbocycles. The lowest BCUT2D eigenvalue weighted by Crippen LogP contribution is -2.31. The third-order valence-corrected chi connectivity index (χ3v) is 12.0. The van der Waals surface area contributed by atoms with Crippen LogP contribution in [0, 0.1) is 11.6 Å². The molecule has 0 heterocycles. The molecule has 2 atom stereocenters. The van der Waals surface area contributed by atoms with Crippen LogP contribution in [0.25, 0.3) is 0 Å². The van der Waals surface area contributed by atoms with Gasteiger partial charge in [-0.2, -0.15) is 0 Å². The van der Waals surface area contributed by atoms with Gasteiger partial charge >= 0.3 is 0 Å². The Hall–Kier alpha value is -2.40. The molecule has 32 heavy (non-hydrogen) atoms. The van der Waals surface area contributed by atoms with E-state index in [2.05, 4.69) is 74.5 Å². The average molecular weight is 462 g/mol. The molecule has 0 aromatic heterocycles. The Kier molecular flexibility index (Phi) is 7.46. The summed E-state index contributed by atoms with van der Waals surface area (Å²) in [6.45, 7) is 4.63. The van der Waals surface area contributed by atoms with E-state index in [0.29, 0.717) is 11.3 Å². The first kappa shape index (κ1) is 22.8. The fourth-order valence-corrected chi connectivity index (χ4v) is 10.1. The summed E-state index contributed by atoms with van der Waals surface area (Å²) in [5.41, 5.74) is 0.656. The molecule has 0 radical (unpaired) electrons. The summed E-state index contributed by atoms with van der Waals surface area (Å²) >= 11 is 0. The molecule has 0 aliphatic rings. The molecule has 162 valence electrons. The minimum Gasteiger partial charge on any atom is -0.207 e. The van der Waals surface area contributed by atoms with Crippen molar-refractivity contribution < 1.29 is 8.78 Å². The number of hydrogen-bond donors (Lipinski definition) is 0. The standard InChI is InChI=1S/C28H26F2P2/c1-21(31(25-9-5-3-6-10-25)26-11-7-4-8-12-26)22(2)32(27-17-13-23(29)14-18-27)28-19-15-24(30)16-20-28/h3-22H,1-2H3/t21-,22-/m0/s1. The largest absolute Gasteiger partial charge is 0.207 e. The second-order valence-electron chi connectivity index (χ2n) is 7.85. The van der Waals surface area contributed by atoms with E-state index in [1.54, 1.807) is 0 Å². The number of halogens is 2. The molecule has 0 fully saturated rings. The lowest BCUT2D eigenvalue weighted by molar-refractivity contribution is 0.628. The quantitative estimate of drug-likeness (QED) is 0.283. The van der Waals surface area contributed by atoms with E-state index in [4.69, 9.17) is 0 Å². The van der Waals surface area contributed by atoms with Crippen LogP contribution in [0.1, 0.15) is 13.8 Å². The van der Waals surface area contributed by atoms with Crippen LogP contribution in [0.2, 0.25) is 0 Å². The van der Waals surface area contributed by atoms with Crippen LogP contribution in [0.4, 0.5) is 8.78 Å². The van der Waals surface area contributed by atoms with Crippen molar-refractivity contribution in [1.82, 2.24) is 0 Å². The van der Waals surface area contributed by atoms with Crippen molar-refractivity contribution in [2.24, 2.45) is 0 Å². The Balaban J connectivity index is 1.78. The van der Waals surface area contributed by atoms with Gasteiger partial charge in [-0.1, -0.05) is 98.8 Å². The highest BCUT2D eigenvalue weighted by Gasteiger charge is 2.32. The molecule has 0 unspecified atom stereocenters. The van der Waals surface area contributed by atoms with Crippen molar-refractivity contribution in [3.63, 3.8) is 0 Å². The predicted octanol–water partition coefficient (Wildman–Crippen LogP) is 6.31. The van der Waals surface area contributed by atoms with Gasteiger partial charge in [-0.15, -0.1) is 0 Å². The van der Waals surface area contributed by atoms with E-state index in [0.717, 1.165) is 10.6 Å². The molecule has 0 amide bonds. The summed E-state index contributed by atoms with van der Waals surface area (Å²) in [4.78, 5) is 0. The zero-order chi connectivity index (χ0) is 22.5. The maximum Gasteiger partial charge on any atom is 0.123 e. The molecule has 0 nitrogen and oxygen atoms in total. The Morgan fingerprint density at radius 2 is 0.719 bits per heavy atom. The molecule has 0 bridgehead atoms. The maximum absolute atomic E-state index is 13.7. The first-order valence-electron chi connectivity index (χ1n) is 10.7. The van der Waals surface area contributed by atoms with Crippen LogP contribution in [-0.4, -0.2) is 11.3 Å². The highest BCUT2D eigenvalue weighted by molar-refractivity contribution is 7.77. The highest BCUT2D eigenvalue weighted by atomic mass is 31.1. The molecule has 0 N–H and O–H groups in total. The molecular formula is C28H26F2P2. The molecule has 0 saturated heterocycles.